The Morgan fingerprint density at radius 1 is 1.13 bits per heavy atom. The van der Waals surface area contributed by atoms with Gasteiger partial charge < -0.3 is 9.32 Å². The number of thiazole rings is 1. The third-order valence-corrected chi connectivity index (χ3v) is 8.51. The molecular formula is C27H29F2N7O2S. The van der Waals surface area contributed by atoms with Gasteiger partial charge in [-0.1, -0.05) is 17.4 Å². The van der Waals surface area contributed by atoms with E-state index >= 15 is 0 Å². The number of aromatic nitrogens is 4. The summed E-state index contributed by atoms with van der Waals surface area (Å²) >= 11 is 1.22. The smallest absolute Gasteiger partial charge is 0.314 e. The highest BCUT2D eigenvalue weighted by atomic mass is 32.1. The Bertz CT molecular complexity index is 1540. The molecule has 4 aromatic rings. The van der Waals surface area contributed by atoms with E-state index in [1.54, 1.807) is 16.7 Å². The molecule has 0 bridgehead atoms. The van der Waals surface area contributed by atoms with Gasteiger partial charge in [0.2, 0.25) is 5.89 Å². The lowest BCUT2D eigenvalue weighted by molar-refractivity contribution is 0.0997. The van der Waals surface area contributed by atoms with Crippen LogP contribution >= 0.6 is 11.3 Å². The van der Waals surface area contributed by atoms with E-state index in [0.29, 0.717) is 23.3 Å². The second-order valence-electron chi connectivity index (χ2n) is 10.3. The van der Waals surface area contributed by atoms with Gasteiger partial charge in [-0.05, 0) is 56.5 Å². The first-order chi connectivity index (χ1) is 18.9. The molecule has 0 aliphatic carbocycles. The predicted octanol–water partition coefficient (Wildman–Crippen LogP) is 4.75. The Morgan fingerprint density at radius 3 is 2.64 bits per heavy atom. The third-order valence-electron chi connectivity index (χ3n) is 7.57. The van der Waals surface area contributed by atoms with Crippen LogP contribution in [-0.4, -0.2) is 67.6 Å². The average molecular weight is 554 g/mol. The number of fused-ring (bicyclic) bond motifs is 1. The molecule has 1 aromatic carbocycles. The summed E-state index contributed by atoms with van der Waals surface area (Å²) in [6.07, 6.45) is 2.95. The first kappa shape index (κ1) is 25.8. The Kier molecular flexibility index (Phi) is 6.98. The van der Waals surface area contributed by atoms with E-state index < -0.39 is 12.3 Å². The summed E-state index contributed by atoms with van der Waals surface area (Å²) in [6, 6.07) is 10.6. The van der Waals surface area contributed by atoms with E-state index in [4.69, 9.17) is 9.52 Å². The van der Waals surface area contributed by atoms with Crippen molar-refractivity contribution in [1.82, 2.24) is 29.7 Å². The number of halogens is 2. The maximum Gasteiger partial charge on any atom is 0.314 e. The second-order valence-corrected chi connectivity index (χ2v) is 11.3. The van der Waals surface area contributed by atoms with Crippen LogP contribution in [0.15, 0.2) is 50.8 Å². The van der Waals surface area contributed by atoms with Crippen LogP contribution in [-0.2, 0) is 6.54 Å². The molecule has 1 atom stereocenters. The van der Waals surface area contributed by atoms with E-state index in [2.05, 4.69) is 51.1 Å². The fraction of sp³-hybridized carbons (Fsp3) is 0.444. The number of pyridine rings is 1. The summed E-state index contributed by atoms with van der Waals surface area (Å²) in [5.74, 6) is -0.550. The highest BCUT2D eigenvalue weighted by Crippen LogP contribution is 2.30. The zero-order valence-electron chi connectivity index (χ0n) is 21.7. The van der Waals surface area contributed by atoms with Gasteiger partial charge in [0, 0.05) is 50.0 Å². The molecule has 1 fully saturated rings. The molecule has 0 saturated carbocycles. The number of alkyl halides is 2. The summed E-state index contributed by atoms with van der Waals surface area (Å²) in [5, 5.41) is 14.0. The molecule has 1 saturated heterocycles. The quantitative estimate of drug-likeness (QED) is 0.326. The van der Waals surface area contributed by atoms with Crippen LogP contribution in [0.1, 0.15) is 56.2 Å². The van der Waals surface area contributed by atoms with Gasteiger partial charge in [-0.25, -0.2) is 0 Å². The first-order valence-electron chi connectivity index (χ1n) is 13.1. The van der Waals surface area contributed by atoms with Crippen LogP contribution in [0, 0.1) is 0 Å². The fourth-order valence-electron chi connectivity index (χ4n) is 5.31. The molecule has 2 aliphatic rings. The number of nitrogens with zero attached hydrogens (tertiary/aromatic N) is 7. The van der Waals surface area contributed by atoms with Crippen molar-refractivity contribution in [3.63, 3.8) is 0 Å². The van der Waals surface area contributed by atoms with Gasteiger partial charge in [-0.2, -0.15) is 13.9 Å². The van der Waals surface area contributed by atoms with Crippen molar-refractivity contribution < 1.29 is 13.2 Å². The molecule has 204 valence electrons. The summed E-state index contributed by atoms with van der Waals surface area (Å²) in [4.78, 5) is 19.7. The summed E-state index contributed by atoms with van der Waals surface area (Å²) in [5.41, 5.74) is 3.10. The largest absolute Gasteiger partial charge is 0.415 e. The molecule has 0 amide bonds. The number of likely N-dealkylation sites (tertiary alicyclic amines) is 1. The van der Waals surface area contributed by atoms with Crippen LogP contribution < -0.4 is 4.87 Å². The summed E-state index contributed by atoms with van der Waals surface area (Å²) < 4.78 is 33.1. The summed E-state index contributed by atoms with van der Waals surface area (Å²) in [7, 11) is 0. The average Bonchev–Trinajstić information content (AvgIpc) is 3.69. The normalized spacial score (nSPS) is 18.8. The number of piperidine rings is 1. The zero-order chi connectivity index (χ0) is 27.1. The van der Waals surface area contributed by atoms with Crippen LogP contribution in [0.4, 0.5) is 8.78 Å². The van der Waals surface area contributed by atoms with E-state index in [0.717, 1.165) is 48.3 Å². The lowest BCUT2D eigenvalue weighted by Gasteiger charge is -2.38. The highest BCUT2D eigenvalue weighted by Gasteiger charge is 2.29. The van der Waals surface area contributed by atoms with Crippen molar-refractivity contribution in [1.29, 1.82) is 0 Å². The SMILES string of the molecule is CC(C)N1CCC(N2CC(c3ccc4c(c3)sc(=O)n4Cc3ccc(-c4nnc(C(F)F)o4)cn3)C=N2)CC1. The molecule has 6 rings (SSSR count). The van der Waals surface area contributed by atoms with Crippen LogP contribution in [0.5, 0.6) is 0 Å². The number of benzene rings is 1. The van der Waals surface area contributed by atoms with Crippen molar-refractivity contribution in [2.75, 3.05) is 19.6 Å². The van der Waals surface area contributed by atoms with Crippen molar-refractivity contribution >= 4 is 27.8 Å². The number of hydrogen-bond donors (Lipinski definition) is 0. The predicted molar refractivity (Wildman–Crippen MR) is 145 cm³/mol. The molecule has 39 heavy (non-hydrogen) atoms. The van der Waals surface area contributed by atoms with Crippen molar-refractivity contribution in [3.8, 4) is 11.5 Å². The molecule has 0 radical (unpaired) electrons. The van der Waals surface area contributed by atoms with E-state index in [-0.39, 0.29) is 23.2 Å². The molecular weight excluding hydrogens is 524 g/mol. The first-order valence-corrected chi connectivity index (χ1v) is 13.9. The Balaban J connectivity index is 1.13. The monoisotopic (exact) mass is 553 g/mol. The van der Waals surface area contributed by atoms with Crippen molar-refractivity contribution in [2.45, 2.75) is 57.7 Å². The van der Waals surface area contributed by atoms with Gasteiger partial charge in [0.1, 0.15) is 0 Å². The number of hydrazone groups is 1. The summed E-state index contributed by atoms with van der Waals surface area (Å²) in [6.45, 7) is 7.88. The van der Waals surface area contributed by atoms with Crippen molar-refractivity contribution in [2.24, 2.45) is 5.10 Å². The molecule has 12 heteroatoms. The highest BCUT2D eigenvalue weighted by molar-refractivity contribution is 7.16. The lowest BCUT2D eigenvalue weighted by Crippen LogP contribution is -2.45. The van der Waals surface area contributed by atoms with Gasteiger partial charge in [0.25, 0.3) is 5.89 Å². The van der Waals surface area contributed by atoms with Gasteiger partial charge in [0.15, 0.2) is 0 Å². The molecule has 9 nitrogen and oxygen atoms in total. The number of hydrogen-bond acceptors (Lipinski definition) is 9. The van der Waals surface area contributed by atoms with E-state index in [9.17, 15) is 13.6 Å². The Labute approximate surface area is 227 Å². The van der Waals surface area contributed by atoms with Crippen LogP contribution in [0.3, 0.4) is 0 Å². The Morgan fingerprint density at radius 2 is 1.95 bits per heavy atom. The third kappa shape index (κ3) is 5.22. The topological polar surface area (TPSA) is 92.7 Å². The molecule has 3 aromatic heterocycles. The van der Waals surface area contributed by atoms with E-state index in [1.807, 2.05) is 12.3 Å². The maximum atomic E-state index is 12.9. The van der Waals surface area contributed by atoms with Crippen LogP contribution in [0.25, 0.3) is 21.7 Å². The standard InChI is InChI=1S/C27H29F2N7O2S/c1-16(2)34-9-7-21(8-10-34)36-14-19(13-31-36)17-4-6-22-23(11-17)39-27(37)35(22)15-20-5-3-18(12-30-20)25-32-33-26(38-25)24(28)29/h3-6,11-13,16,19,21,24H,7-10,14-15H2,1-2H3. The molecule has 0 spiro atoms. The minimum absolute atomic E-state index is 0.0231. The van der Waals surface area contributed by atoms with Crippen molar-refractivity contribution in [3.05, 3.63) is 63.3 Å². The molecule has 1 unspecified atom stereocenters. The fourth-order valence-corrected chi connectivity index (χ4v) is 6.25. The minimum atomic E-state index is -2.83. The van der Waals surface area contributed by atoms with Gasteiger partial charge in [-0.3, -0.25) is 19.4 Å². The zero-order valence-corrected chi connectivity index (χ0v) is 22.5. The molecule has 5 heterocycles. The van der Waals surface area contributed by atoms with Crippen LogP contribution in [0.2, 0.25) is 0 Å². The minimum Gasteiger partial charge on any atom is -0.415 e. The Hall–Kier alpha value is -3.51. The van der Waals surface area contributed by atoms with E-state index in [1.165, 1.54) is 17.5 Å². The van der Waals surface area contributed by atoms with Gasteiger partial charge in [0.05, 0.1) is 28.0 Å². The number of rotatable bonds is 7. The second kappa shape index (κ2) is 10.6. The molecule has 0 N–H and O–H groups in total. The lowest BCUT2D eigenvalue weighted by atomic mass is 9.98. The molecule has 2 aliphatic heterocycles. The van der Waals surface area contributed by atoms with Gasteiger partial charge >= 0.3 is 11.3 Å². The van der Waals surface area contributed by atoms with Gasteiger partial charge in [-0.15, -0.1) is 10.2 Å². The maximum absolute atomic E-state index is 12.9.